The van der Waals surface area contributed by atoms with E-state index in [0.717, 1.165) is 12.8 Å². The number of nitrogens with zero attached hydrogens (tertiary/aromatic N) is 2. The number of carbonyl (C=O) groups excluding carboxylic acids is 1. The first-order chi connectivity index (χ1) is 6.76. The molecule has 2 unspecified atom stereocenters. The normalized spacial score (nSPS) is 27.1. The van der Waals surface area contributed by atoms with Crippen LogP contribution in [0, 0.1) is 34.5 Å². The van der Waals surface area contributed by atoms with Gasteiger partial charge in [-0.15, -0.1) is 0 Å². The van der Waals surface area contributed by atoms with Crippen LogP contribution in [0.2, 0.25) is 0 Å². The van der Waals surface area contributed by atoms with Crippen LogP contribution in [0.25, 0.3) is 0 Å². The summed E-state index contributed by atoms with van der Waals surface area (Å²) in [4.78, 5) is 10.9. The molecule has 0 radical (unpaired) electrons. The molecule has 0 heterocycles. The Balaban J connectivity index is 0.000000171. The van der Waals surface area contributed by atoms with Gasteiger partial charge in [0.15, 0.2) is 0 Å². The molecule has 3 nitrogen and oxygen atoms in total. The molecule has 2 atom stereocenters. The van der Waals surface area contributed by atoms with Gasteiger partial charge in [-0.2, -0.15) is 10.5 Å². The monoisotopic (exact) mass is 188 g/mol. The Kier molecular flexibility index (Phi) is 3.88. The highest BCUT2D eigenvalue weighted by atomic mass is 16.1. The van der Waals surface area contributed by atoms with E-state index in [2.05, 4.69) is 12.2 Å². The maximum absolute atomic E-state index is 10.9. The number of carbonyl (C=O) groups is 1. The van der Waals surface area contributed by atoms with E-state index < -0.39 is 0 Å². The fraction of sp³-hybridized carbons (Fsp3) is 0.545. The average molecular weight is 188 g/mol. The molecule has 0 aromatic rings. The van der Waals surface area contributed by atoms with Gasteiger partial charge in [-0.1, -0.05) is 12.2 Å². The SMILES string of the molecule is N#CCC#N.O=C1CC2C=CC(C1)C2. The van der Waals surface area contributed by atoms with Crippen LogP contribution in [0.5, 0.6) is 0 Å². The minimum absolute atomic E-state index is 0. The number of nitriles is 2. The van der Waals surface area contributed by atoms with E-state index in [0.29, 0.717) is 17.6 Å². The minimum Gasteiger partial charge on any atom is -0.300 e. The van der Waals surface area contributed by atoms with Crippen LogP contribution in [-0.4, -0.2) is 5.78 Å². The van der Waals surface area contributed by atoms with Crippen molar-refractivity contribution in [1.29, 1.82) is 10.5 Å². The molecule has 0 saturated heterocycles. The van der Waals surface area contributed by atoms with Crippen LogP contribution in [0.3, 0.4) is 0 Å². The highest BCUT2D eigenvalue weighted by Gasteiger charge is 2.28. The summed E-state index contributed by atoms with van der Waals surface area (Å²) in [5, 5.41) is 15.2. The van der Waals surface area contributed by atoms with Gasteiger partial charge < -0.3 is 0 Å². The number of hydrogen-bond donors (Lipinski definition) is 0. The van der Waals surface area contributed by atoms with Crippen LogP contribution >= 0.6 is 0 Å². The minimum atomic E-state index is 0. The van der Waals surface area contributed by atoms with E-state index in [-0.39, 0.29) is 6.42 Å². The van der Waals surface area contributed by atoms with Gasteiger partial charge in [0.25, 0.3) is 0 Å². The zero-order chi connectivity index (χ0) is 10.4. The van der Waals surface area contributed by atoms with E-state index in [1.807, 2.05) is 0 Å². The molecule has 0 aromatic carbocycles. The molecule has 0 amide bonds. The molecular weight excluding hydrogens is 176 g/mol. The summed E-state index contributed by atoms with van der Waals surface area (Å²) >= 11 is 0. The standard InChI is InChI=1S/C8H10O.C3H2N2/c9-8-4-6-1-2-7(3-6)5-8;4-2-1-3-5/h1-2,6-7H,3-5H2;1H2. The molecule has 0 aliphatic heterocycles. The lowest BCUT2D eigenvalue weighted by atomic mass is 9.87. The van der Waals surface area contributed by atoms with E-state index in [4.69, 9.17) is 10.5 Å². The fourth-order valence-electron chi connectivity index (χ4n) is 1.87. The fourth-order valence-corrected chi connectivity index (χ4v) is 1.87. The Morgan fingerprint density at radius 3 is 2.07 bits per heavy atom. The predicted octanol–water partition coefficient (Wildman–Crippen LogP) is 1.97. The van der Waals surface area contributed by atoms with E-state index in [1.165, 1.54) is 6.42 Å². The summed E-state index contributed by atoms with van der Waals surface area (Å²) < 4.78 is 0. The van der Waals surface area contributed by atoms with Crippen LogP contribution in [0.1, 0.15) is 25.7 Å². The zero-order valence-corrected chi connectivity index (χ0v) is 7.94. The summed E-state index contributed by atoms with van der Waals surface area (Å²) in [6.45, 7) is 0. The molecule has 2 aliphatic rings. The molecule has 0 aromatic heterocycles. The molecule has 2 rings (SSSR count). The summed E-state index contributed by atoms with van der Waals surface area (Å²) in [5.41, 5.74) is 0. The molecule has 2 aliphatic carbocycles. The van der Waals surface area contributed by atoms with Crippen molar-refractivity contribution in [3.8, 4) is 12.1 Å². The molecule has 0 N–H and O–H groups in total. The molecule has 1 fully saturated rings. The Morgan fingerprint density at radius 2 is 1.71 bits per heavy atom. The number of allylic oxidation sites excluding steroid dienone is 2. The van der Waals surface area contributed by atoms with Gasteiger partial charge in [0.1, 0.15) is 12.2 Å². The molecular formula is C11H12N2O. The number of ketones is 1. The molecule has 2 bridgehead atoms. The second kappa shape index (κ2) is 5.19. The molecule has 1 saturated carbocycles. The van der Waals surface area contributed by atoms with Crippen molar-refractivity contribution < 1.29 is 4.79 Å². The van der Waals surface area contributed by atoms with Crippen molar-refractivity contribution in [2.75, 3.05) is 0 Å². The number of hydrogen-bond acceptors (Lipinski definition) is 3. The lowest BCUT2D eigenvalue weighted by Crippen LogP contribution is -2.15. The van der Waals surface area contributed by atoms with Gasteiger partial charge in [0.2, 0.25) is 0 Å². The quantitative estimate of drug-likeness (QED) is 0.546. The third-order valence-corrected chi connectivity index (χ3v) is 2.40. The molecule has 72 valence electrons. The van der Waals surface area contributed by atoms with Gasteiger partial charge in [-0.3, -0.25) is 4.79 Å². The topological polar surface area (TPSA) is 64.7 Å². The summed E-state index contributed by atoms with van der Waals surface area (Å²) in [5.74, 6) is 1.67. The lowest BCUT2D eigenvalue weighted by Gasteiger charge is -2.16. The first-order valence-electron chi connectivity index (χ1n) is 4.70. The maximum atomic E-state index is 10.9. The average Bonchev–Trinajstić information content (AvgIpc) is 2.48. The third kappa shape index (κ3) is 3.03. The molecule has 0 spiro atoms. The highest BCUT2D eigenvalue weighted by molar-refractivity contribution is 5.80. The summed E-state index contributed by atoms with van der Waals surface area (Å²) in [7, 11) is 0. The number of fused-ring (bicyclic) bond motifs is 2. The summed E-state index contributed by atoms with van der Waals surface area (Å²) in [6, 6.07) is 3.31. The zero-order valence-electron chi connectivity index (χ0n) is 7.94. The van der Waals surface area contributed by atoms with Crippen molar-refractivity contribution in [3.05, 3.63) is 12.2 Å². The maximum Gasteiger partial charge on any atom is 0.134 e. The predicted molar refractivity (Wildman–Crippen MR) is 50.8 cm³/mol. The lowest BCUT2D eigenvalue weighted by molar-refractivity contribution is -0.121. The Labute approximate surface area is 83.6 Å². The Hall–Kier alpha value is -1.61. The van der Waals surface area contributed by atoms with Gasteiger partial charge >= 0.3 is 0 Å². The third-order valence-electron chi connectivity index (χ3n) is 2.40. The highest BCUT2D eigenvalue weighted by Crippen LogP contribution is 2.34. The van der Waals surface area contributed by atoms with Gasteiger partial charge in [0, 0.05) is 12.8 Å². The van der Waals surface area contributed by atoms with Crippen LogP contribution in [-0.2, 0) is 4.79 Å². The number of Topliss-reactive ketones (excluding diaryl/α,β-unsaturated/α-hetero) is 1. The Morgan fingerprint density at radius 1 is 1.21 bits per heavy atom. The first kappa shape index (κ1) is 10.5. The molecule has 14 heavy (non-hydrogen) atoms. The van der Waals surface area contributed by atoms with Gasteiger partial charge in [-0.25, -0.2) is 0 Å². The molecule has 3 heteroatoms. The van der Waals surface area contributed by atoms with E-state index in [1.54, 1.807) is 12.1 Å². The van der Waals surface area contributed by atoms with Crippen LogP contribution in [0.4, 0.5) is 0 Å². The first-order valence-corrected chi connectivity index (χ1v) is 4.70. The smallest absolute Gasteiger partial charge is 0.134 e. The van der Waals surface area contributed by atoms with Crippen molar-refractivity contribution in [3.63, 3.8) is 0 Å². The largest absolute Gasteiger partial charge is 0.300 e. The van der Waals surface area contributed by atoms with Crippen molar-refractivity contribution >= 4 is 5.78 Å². The van der Waals surface area contributed by atoms with Crippen molar-refractivity contribution in [1.82, 2.24) is 0 Å². The second-order valence-electron chi connectivity index (χ2n) is 3.58. The summed E-state index contributed by atoms with van der Waals surface area (Å²) in [6.07, 6.45) is 7.27. The number of rotatable bonds is 0. The van der Waals surface area contributed by atoms with Gasteiger partial charge in [0.05, 0.1) is 12.1 Å². The van der Waals surface area contributed by atoms with Crippen molar-refractivity contribution in [2.45, 2.75) is 25.7 Å². The Bertz CT molecular complexity index is 291. The van der Waals surface area contributed by atoms with Crippen molar-refractivity contribution in [2.24, 2.45) is 11.8 Å². The van der Waals surface area contributed by atoms with Gasteiger partial charge in [-0.05, 0) is 18.3 Å². The van der Waals surface area contributed by atoms with Crippen LogP contribution in [0.15, 0.2) is 12.2 Å². The van der Waals surface area contributed by atoms with Crippen LogP contribution < -0.4 is 0 Å². The second-order valence-corrected chi connectivity index (χ2v) is 3.58. The van der Waals surface area contributed by atoms with E-state index in [9.17, 15) is 4.79 Å². The van der Waals surface area contributed by atoms with E-state index >= 15 is 0 Å².